The fourth-order valence-electron chi connectivity index (χ4n) is 3.61. The van der Waals surface area contributed by atoms with Crippen molar-refractivity contribution in [2.45, 2.75) is 65.3 Å². The molecule has 1 N–H and O–H groups in total. The first-order valence-electron chi connectivity index (χ1n) is 9.33. The van der Waals surface area contributed by atoms with E-state index in [1.54, 1.807) is 11.8 Å². The van der Waals surface area contributed by atoms with E-state index in [1.165, 1.54) is 0 Å². The van der Waals surface area contributed by atoms with Gasteiger partial charge in [-0.15, -0.1) is 0 Å². The molecule has 0 saturated carbocycles. The first kappa shape index (κ1) is 18.5. The first-order chi connectivity index (χ1) is 12.2. The normalized spacial score (nSPS) is 19.9. The van der Waals surface area contributed by atoms with Crippen LogP contribution in [0.25, 0.3) is 0 Å². The molecule has 6 heteroatoms. The minimum Gasteiger partial charge on any atom is -0.444 e. The summed E-state index contributed by atoms with van der Waals surface area (Å²) in [7, 11) is 0. The molecule has 1 atom stereocenters. The van der Waals surface area contributed by atoms with Gasteiger partial charge in [0.05, 0.1) is 6.54 Å². The van der Waals surface area contributed by atoms with Gasteiger partial charge in [0.15, 0.2) is 0 Å². The van der Waals surface area contributed by atoms with E-state index in [2.05, 4.69) is 17.4 Å². The van der Waals surface area contributed by atoms with Gasteiger partial charge in [0.25, 0.3) is 0 Å². The highest BCUT2D eigenvalue weighted by Gasteiger charge is 2.30. The number of ether oxygens (including phenoxy) is 1. The standard InChI is InChI=1S/C20H29N3O3/c1-14(24)22-10-6-8-16(12-22)21-18-9-5-7-15-11-23(13-17(15)18)19(25)26-20(2,3)4/h5,7,9,16,21H,6,8,10-13H2,1-4H3/t16-/m1/s1. The molecule has 3 rings (SSSR count). The Labute approximate surface area is 155 Å². The van der Waals surface area contributed by atoms with Gasteiger partial charge in [0.1, 0.15) is 5.60 Å². The number of piperidine rings is 1. The lowest BCUT2D eigenvalue weighted by atomic mass is 10.0. The van der Waals surface area contributed by atoms with Crippen LogP contribution in [0.3, 0.4) is 0 Å². The Morgan fingerprint density at radius 2 is 1.96 bits per heavy atom. The van der Waals surface area contributed by atoms with Gasteiger partial charge in [-0.1, -0.05) is 12.1 Å². The molecule has 1 saturated heterocycles. The molecule has 0 radical (unpaired) electrons. The molecule has 6 nitrogen and oxygen atoms in total. The zero-order valence-corrected chi connectivity index (χ0v) is 16.2. The van der Waals surface area contributed by atoms with E-state index in [-0.39, 0.29) is 18.0 Å². The fraction of sp³-hybridized carbons (Fsp3) is 0.600. The smallest absolute Gasteiger partial charge is 0.410 e. The molecule has 0 aromatic heterocycles. The number of nitrogens with zero attached hydrogens (tertiary/aromatic N) is 2. The lowest BCUT2D eigenvalue weighted by molar-refractivity contribution is -0.129. The number of rotatable bonds is 2. The number of hydrogen-bond acceptors (Lipinski definition) is 4. The van der Waals surface area contributed by atoms with Gasteiger partial charge in [-0.3, -0.25) is 9.69 Å². The van der Waals surface area contributed by atoms with Crippen molar-refractivity contribution < 1.29 is 14.3 Å². The Kier molecular flexibility index (Phi) is 5.12. The summed E-state index contributed by atoms with van der Waals surface area (Å²) in [5.41, 5.74) is 2.87. The van der Waals surface area contributed by atoms with Gasteiger partial charge in [0, 0.05) is 38.3 Å². The van der Waals surface area contributed by atoms with E-state index in [9.17, 15) is 9.59 Å². The van der Waals surface area contributed by atoms with E-state index in [0.29, 0.717) is 13.1 Å². The van der Waals surface area contributed by atoms with Crippen molar-refractivity contribution in [1.82, 2.24) is 9.80 Å². The molecule has 142 valence electrons. The summed E-state index contributed by atoms with van der Waals surface area (Å²) in [5, 5.41) is 3.60. The SMILES string of the molecule is CC(=O)N1CCC[C@@H](Nc2cccc3c2CN(C(=O)OC(C)(C)C)C3)C1. The van der Waals surface area contributed by atoms with Crippen molar-refractivity contribution in [3.05, 3.63) is 29.3 Å². The predicted molar refractivity (Wildman–Crippen MR) is 101 cm³/mol. The third-order valence-electron chi connectivity index (χ3n) is 4.86. The second kappa shape index (κ2) is 7.17. The van der Waals surface area contributed by atoms with Crippen LogP contribution in [0.15, 0.2) is 18.2 Å². The van der Waals surface area contributed by atoms with Crippen LogP contribution in [0.5, 0.6) is 0 Å². The largest absolute Gasteiger partial charge is 0.444 e. The number of amides is 2. The number of carbonyl (C=O) groups is 2. The summed E-state index contributed by atoms with van der Waals surface area (Å²) < 4.78 is 5.51. The summed E-state index contributed by atoms with van der Waals surface area (Å²) in [4.78, 5) is 27.7. The molecular weight excluding hydrogens is 330 g/mol. The fourth-order valence-corrected chi connectivity index (χ4v) is 3.61. The molecule has 2 aliphatic heterocycles. The average molecular weight is 359 g/mol. The second-order valence-corrected chi connectivity index (χ2v) is 8.23. The zero-order chi connectivity index (χ0) is 18.9. The molecule has 0 unspecified atom stereocenters. The number of hydrogen-bond donors (Lipinski definition) is 1. The molecule has 26 heavy (non-hydrogen) atoms. The minimum atomic E-state index is -0.495. The monoisotopic (exact) mass is 359 g/mol. The van der Waals surface area contributed by atoms with Crippen LogP contribution in [0, 0.1) is 0 Å². The topological polar surface area (TPSA) is 61.9 Å². The molecule has 0 spiro atoms. The number of fused-ring (bicyclic) bond motifs is 1. The lowest BCUT2D eigenvalue weighted by Crippen LogP contribution is -2.44. The molecular formula is C20H29N3O3. The van der Waals surface area contributed by atoms with E-state index in [1.807, 2.05) is 31.7 Å². The van der Waals surface area contributed by atoms with Crippen LogP contribution >= 0.6 is 0 Å². The van der Waals surface area contributed by atoms with Crippen molar-refractivity contribution in [2.24, 2.45) is 0 Å². The van der Waals surface area contributed by atoms with Crippen molar-refractivity contribution in [1.29, 1.82) is 0 Å². The highest BCUT2D eigenvalue weighted by Crippen LogP contribution is 2.31. The predicted octanol–water partition coefficient (Wildman–Crippen LogP) is 3.36. The van der Waals surface area contributed by atoms with Crippen LogP contribution in [0.1, 0.15) is 51.7 Å². The van der Waals surface area contributed by atoms with Gasteiger partial charge in [-0.2, -0.15) is 0 Å². The lowest BCUT2D eigenvalue weighted by Gasteiger charge is -2.33. The maximum Gasteiger partial charge on any atom is 0.410 e. The molecule has 1 aromatic carbocycles. The van der Waals surface area contributed by atoms with Crippen molar-refractivity contribution >= 4 is 17.7 Å². The molecule has 0 aliphatic carbocycles. The average Bonchev–Trinajstić information content (AvgIpc) is 2.99. The minimum absolute atomic E-state index is 0.130. The van der Waals surface area contributed by atoms with Gasteiger partial charge >= 0.3 is 6.09 Å². The van der Waals surface area contributed by atoms with Crippen LogP contribution in [-0.2, 0) is 22.6 Å². The van der Waals surface area contributed by atoms with Gasteiger partial charge < -0.3 is 15.0 Å². The Balaban J connectivity index is 1.69. The molecule has 1 aromatic rings. The first-order valence-corrected chi connectivity index (χ1v) is 9.33. The van der Waals surface area contributed by atoms with Crippen LogP contribution in [-0.4, -0.2) is 46.5 Å². The van der Waals surface area contributed by atoms with Crippen LogP contribution in [0.2, 0.25) is 0 Å². The van der Waals surface area contributed by atoms with Crippen LogP contribution < -0.4 is 5.32 Å². The third kappa shape index (κ3) is 4.29. The number of carbonyl (C=O) groups excluding carboxylic acids is 2. The highest BCUT2D eigenvalue weighted by molar-refractivity contribution is 5.73. The van der Waals surface area contributed by atoms with E-state index in [4.69, 9.17) is 4.74 Å². The van der Waals surface area contributed by atoms with Gasteiger partial charge in [-0.05, 0) is 50.8 Å². The number of likely N-dealkylation sites (tertiary alicyclic amines) is 1. The molecule has 2 heterocycles. The van der Waals surface area contributed by atoms with E-state index < -0.39 is 5.60 Å². The maximum absolute atomic E-state index is 12.4. The van der Waals surface area contributed by atoms with Crippen molar-refractivity contribution in [2.75, 3.05) is 18.4 Å². The number of anilines is 1. The van der Waals surface area contributed by atoms with Gasteiger partial charge in [-0.25, -0.2) is 4.79 Å². The Morgan fingerprint density at radius 3 is 2.65 bits per heavy atom. The van der Waals surface area contributed by atoms with Crippen molar-refractivity contribution in [3.8, 4) is 0 Å². The number of nitrogens with one attached hydrogen (secondary N) is 1. The Hall–Kier alpha value is -2.24. The highest BCUT2D eigenvalue weighted by atomic mass is 16.6. The van der Waals surface area contributed by atoms with E-state index >= 15 is 0 Å². The van der Waals surface area contributed by atoms with Gasteiger partial charge in [0.2, 0.25) is 5.91 Å². The quantitative estimate of drug-likeness (QED) is 0.879. The summed E-state index contributed by atoms with van der Waals surface area (Å²) in [6.07, 6.45) is 1.78. The second-order valence-electron chi connectivity index (χ2n) is 8.23. The summed E-state index contributed by atoms with van der Waals surface area (Å²) in [5.74, 6) is 0.130. The molecule has 2 aliphatic rings. The third-order valence-corrected chi connectivity index (χ3v) is 4.86. The summed E-state index contributed by atoms with van der Waals surface area (Å²) in [6, 6.07) is 6.39. The molecule has 1 fully saturated rings. The van der Waals surface area contributed by atoms with E-state index in [0.717, 1.165) is 42.7 Å². The van der Waals surface area contributed by atoms with Crippen LogP contribution in [0.4, 0.5) is 10.5 Å². The summed E-state index contributed by atoms with van der Waals surface area (Å²) in [6.45, 7) is 9.96. The maximum atomic E-state index is 12.4. The molecule has 2 amide bonds. The molecule has 0 bridgehead atoms. The Bertz CT molecular complexity index is 696. The summed E-state index contributed by atoms with van der Waals surface area (Å²) >= 11 is 0. The Morgan fingerprint density at radius 1 is 1.19 bits per heavy atom. The number of benzene rings is 1. The van der Waals surface area contributed by atoms with Crippen molar-refractivity contribution in [3.63, 3.8) is 0 Å². The zero-order valence-electron chi connectivity index (χ0n) is 16.2.